The van der Waals surface area contributed by atoms with Crippen molar-refractivity contribution >= 4 is 40.9 Å². The molecule has 1 aliphatic rings. The largest absolute Gasteiger partial charge is 0.497 e. The average Bonchev–Trinajstić information content (AvgIpc) is 3.13. The summed E-state index contributed by atoms with van der Waals surface area (Å²) in [5, 5.41) is 3.10. The first-order chi connectivity index (χ1) is 17.9. The zero-order chi connectivity index (χ0) is 26.5. The van der Waals surface area contributed by atoms with Crippen LogP contribution in [0.15, 0.2) is 82.2 Å². The Bertz CT molecular complexity index is 1380. The lowest BCUT2D eigenvalue weighted by molar-refractivity contribution is -0.120. The summed E-state index contributed by atoms with van der Waals surface area (Å²) in [6, 6.07) is 19.1. The summed E-state index contributed by atoms with van der Waals surface area (Å²) in [6.07, 6.45) is 0. The number of amides is 2. The SMILES string of the molecule is CCOC(=O)c1ccccc1N1C(=O)C(Nc2cc(OC)ccc2OC)=C(Sc2ccc(C)cc2)C1=O. The Hall–Kier alpha value is -4.24. The van der Waals surface area contributed by atoms with Crippen LogP contribution in [0.5, 0.6) is 11.5 Å². The number of hydrogen-bond donors (Lipinski definition) is 1. The van der Waals surface area contributed by atoms with Crippen LogP contribution in [0.25, 0.3) is 0 Å². The Balaban J connectivity index is 1.81. The van der Waals surface area contributed by atoms with Gasteiger partial charge in [-0.2, -0.15) is 0 Å². The highest BCUT2D eigenvalue weighted by molar-refractivity contribution is 8.04. The van der Waals surface area contributed by atoms with E-state index in [1.54, 1.807) is 43.3 Å². The first-order valence-electron chi connectivity index (χ1n) is 11.5. The van der Waals surface area contributed by atoms with Gasteiger partial charge in [0, 0.05) is 11.0 Å². The van der Waals surface area contributed by atoms with Gasteiger partial charge in [-0.15, -0.1) is 0 Å². The maximum Gasteiger partial charge on any atom is 0.340 e. The third kappa shape index (κ3) is 5.31. The maximum atomic E-state index is 13.8. The third-order valence-corrected chi connectivity index (χ3v) is 6.68. The zero-order valence-corrected chi connectivity index (χ0v) is 21.7. The lowest BCUT2D eigenvalue weighted by Gasteiger charge is -2.18. The molecule has 9 heteroatoms. The molecule has 4 rings (SSSR count). The Morgan fingerprint density at radius 2 is 1.68 bits per heavy atom. The number of aryl methyl sites for hydroxylation is 1. The second kappa shape index (κ2) is 11.2. The molecule has 0 saturated heterocycles. The summed E-state index contributed by atoms with van der Waals surface area (Å²) >= 11 is 1.16. The highest BCUT2D eigenvalue weighted by Gasteiger charge is 2.42. The van der Waals surface area contributed by atoms with Crippen LogP contribution < -0.4 is 19.7 Å². The lowest BCUT2D eigenvalue weighted by atomic mass is 10.1. The molecule has 8 nitrogen and oxygen atoms in total. The van der Waals surface area contributed by atoms with Crippen molar-refractivity contribution in [2.45, 2.75) is 18.7 Å². The van der Waals surface area contributed by atoms with E-state index in [9.17, 15) is 14.4 Å². The second-order valence-electron chi connectivity index (χ2n) is 7.99. The van der Waals surface area contributed by atoms with E-state index in [0.29, 0.717) is 17.2 Å². The molecule has 0 aliphatic carbocycles. The van der Waals surface area contributed by atoms with Crippen molar-refractivity contribution < 1.29 is 28.6 Å². The normalized spacial score (nSPS) is 13.1. The number of methoxy groups -OCH3 is 2. The standard InChI is InChI=1S/C28H26N2O6S/c1-5-36-28(33)20-8-6-7-9-22(20)30-26(31)24(29-21-16-18(34-3)12-15-23(21)35-4)25(27(30)32)37-19-13-10-17(2)11-14-19/h6-16,29H,5H2,1-4H3. The van der Waals surface area contributed by atoms with Gasteiger partial charge in [-0.05, 0) is 50.2 Å². The first kappa shape index (κ1) is 25.8. The lowest BCUT2D eigenvalue weighted by Crippen LogP contribution is -2.33. The van der Waals surface area contributed by atoms with E-state index in [4.69, 9.17) is 14.2 Å². The molecule has 0 atom stereocenters. The van der Waals surface area contributed by atoms with E-state index in [0.717, 1.165) is 27.1 Å². The van der Waals surface area contributed by atoms with E-state index in [-0.39, 0.29) is 28.5 Å². The highest BCUT2D eigenvalue weighted by atomic mass is 32.2. The summed E-state index contributed by atoms with van der Waals surface area (Å²) in [7, 11) is 3.04. The van der Waals surface area contributed by atoms with Gasteiger partial charge in [0.15, 0.2) is 0 Å². The van der Waals surface area contributed by atoms with E-state index in [1.807, 2.05) is 31.2 Å². The molecule has 0 bridgehead atoms. The van der Waals surface area contributed by atoms with Crippen molar-refractivity contribution in [3.8, 4) is 11.5 Å². The minimum atomic E-state index is -0.623. The molecule has 0 aromatic heterocycles. The number of nitrogens with one attached hydrogen (secondary N) is 1. The number of imide groups is 1. The molecule has 2 amide bonds. The average molecular weight is 519 g/mol. The Morgan fingerprint density at radius 1 is 0.946 bits per heavy atom. The number of carbonyl (C=O) groups excluding carboxylic acids is 3. The van der Waals surface area contributed by atoms with Crippen molar-refractivity contribution in [2.75, 3.05) is 31.0 Å². The van der Waals surface area contributed by atoms with Crippen molar-refractivity contribution in [2.24, 2.45) is 0 Å². The minimum Gasteiger partial charge on any atom is -0.497 e. The van der Waals surface area contributed by atoms with Gasteiger partial charge in [0.1, 0.15) is 22.1 Å². The van der Waals surface area contributed by atoms with Crippen LogP contribution in [0.2, 0.25) is 0 Å². The third-order valence-electron chi connectivity index (χ3n) is 5.59. The summed E-state index contributed by atoms with van der Waals surface area (Å²) < 4.78 is 15.9. The van der Waals surface area contributed by atoms with Crippen LogP contribution >= 0.6 is 11.8 Å². The van der Waals surface area contributed by atoms with Gasteiger partial charge in [-0.3, -0.25) is 9.59 Å². The van der Waals surface area contributed by atoms with Crippen LogP contribution in [-0.4, -0.2) is 38.6 Å². The number of para-hydroxylation sites is 1. The molecule has 0 fully saturated rings. The molecule has 1 aliphatic heterocycles. The number of benzene rings is 3. The molecule has 37 heavy (non-hydrogen) atoms. The van der Waals surface area contributed by atoms with Gasteiger partial charge >= 0.3 is 5.97 Å². The number of carbonyl (C=O) groups is 3. The molecule has 3 aromatic rings. The van der Waals surface area contributed by atoms with Gasteiger partial charge in [-0.25, -0.2) is 9.69 Å². The number of anilines is 2. The summed E-state index contributed by atoms with van der Waals surface area (Å²) in [4.78, 5) is 42.2. The van der Waals surface area contributed by atoms with Gasteiger partial charge in [-0.1, -0.05) is 41.6 Å². The predicted octanol–water partition coefficient (Wildman–Crippen LogP) is 5.18. The molecular formula is C28H26N2O6S. The maximum absolute atomic E-state index is 13.8. The fraction of sp³-hybridized carbons (Fsp3) is 0.179. The van der Waals surface area contributed by atoms with Crippen molar-refractivity contribution in [1.82, 2.24) is 0 Å². The molecule has 3 aromatic carbocycles. The Labute approximate surface area is 219 Å². The molecule has 0 saturated carbocycles. The van der Waals surface area contributed by atoms with Crippen molar-refractivity contribution in [1.29, 1.82) is 0 Å². The number of nitrogens with zero attached hydrogens (tertiary/aromatic N) is 1. The van der Waals surface area contributed by atoms with Crippen LogP contribution in [-0.2, 0) is 14.3 Å². The second-order valence-corrected chi connectivity index (χ2v) is 9.08. The van der Waals surface area contributed by atoms with E-state index < -0.39 is 17.8 Å². The Morgan fingerprint density at radius 3 is 2.35 bits per heavy atom. The van der Waals surface area contributed by atoms with Gasteiger partial charge < -0.3 is 19.5 Å². The van der Waals surface area contributed by atoms with E-state index >= 15 is 0 Å². The summed E-state index contributed by atoms with van der Waals surface area (Å²) in [5.74, 6) is -0.795. The molecule has 1 N–H and O–H groups in total. The van der Waals surface area contributed by atoms with Crippen LogP contribution in [0.3, 0.4) is 0 Å². The van der Waals surface area contributed by atoms with Crippen molar-refractivity contribution in [3.05, 3.63) is 88.5 Å². The van der Waals surface area contributed by atoms with Gasteiger partial charge in [0.2, 0.25) is 0 Å². The van der Waals surface area contributed by atoms with E-state index in [1.165, 1.54) is 20.3 Å². The molecule has 0 unspecified atom stereocenters. The van der Waals surface area contributed by atoms with E-state index in [2.05, 4.69) is 5.32 Å². The summed E-state index contributed by atoms with van der Waals surface area (Å²) in [6.45, 7) is 3.81. The monoisotopic (exact) mass is 518 g/mol. The molecule has 0 spiro atoms. The van der Waals surface area contributed by atoms with Gasteiger partial charge in [0.25, 0.3) is 11.8 Å². The molecule has 1 heterocycles. The minimum absolute atomic E-state index is 0.0563. The van der Waals surface area contributed by atoms with Crippen LogP contribution in [0, 0.1) is 6.92 Å². The van der Waals surface area contributed by atoms with Crippen LogP contribution in [0.4, 0.5) is 11.4 Å². The fourth-order valence-electron chi connectivity index (χ4n) is 3.75. The van der Waals surface area contributed by atoms with Gasteiger partial charge in [0.05, 0.1) is 37.8 Å². The number of hydrogen-bond acceptors (Lipinski definition) is 8. The first-order valence-corrected chi connectivity index (χ1v) is 12.3. The molecule has 190 valence electrons. The number of esters is 1. The van der Waals surface area contributed by atoms with Crippen molar-refractivity contribution in [3.63, 3.8) is 0 Å². The topological polar surface area (TPSA) is 94.2 Å². The smallest absolute Gasteiger partial charge is 0.340 e. The number of thioether (sulfide) groups is 1. The summed E-state index contributed by atoms with van der Waals surface area (Å²) in [5.41, 5.74) is 1.83. The van der Waals surface area contributed by atoms with Crippen LogP contribution in [0.1, 0.15) is 22.8 Å². The zero-order valence-electron chi connectivity index (χ0n) is 20.9. The quantitative estimate of drug-likeness (QED) is 0.306. The number of ether oxygens (including phenoxy) is 3. The Kier molecular flexibility index (Phi) is 7.83. The highest BCUT2D eigenvalue weighted by Crippen LogP contribution is 2.40. The fourth-order valence-corrected chi connectivity index (χ4v) is 4.68. The molecular weight excluding hydrogens is 492 g/mol. The predicted molar refractivity (Wildman–Crippen MR) is 142 cm³/mol. The molecule has 0 radical (unpaired) electrons. The number of rotatable bonds is 9.